The van der Waals surface area contributed by atoms with E-state index in [1.807, 2.05) is 24.3 Å². The number of rotatable bonds is 4. The lowest BCUT2D eigenvalue weighted by molar-refractivity contribution is 0.752. The Morgan fingerprint density at radius 3 is 2.86 bits per heavy atom. The second-order valence-electron chi connectivity index (χ2n) is 5.57. The van der Waals surface area contributed by atoms with Crippen molar-refractivity contribution < 1.29 is 0 Å². The molecule has 2 atom stereocenters. The summed E-state index contributed by atoms with van der Waals surface area (Å²) in [7, 11) is 0. The van der Waals surface area contributed by atoms with Gasteiger partial charge in [0.1, 0.15) is 0 Å². The standard InChI is InChI=1S/C16H21N5/c1-12(13-5-3-2-4-6-13)19-16-9-15(10-18-20-16)21-8-7-14(17)11-21/h2-6,9-10,12,14H,7-8,11,17H2,1H3,(H,19,20)/t12-,14-/m1/s1. The van der Waals surface area contributed by atoms with Crippen LogP contribution in [0.15, 0.2) is 42.6 Å². The van der Waals surface area contributed by atoms with Crippen molar-refractivity contribution in [1.29, 1.82) is 0 Å². The Kier molecular flexibility index (Phi) is 4.01. The third-order valence-electron chi connectivity index (χ3n) is 3.89. The first-order valence-corrected chi connectivity index (χ1v) is 7.37. The molecule has 1 aliphatic heterocycles. The molecule has 2 aromatic rings. The van der Waals surface area contributed by atoms with Crippen LogP contribution in [0.5, 0.6) is 0 Å². The van der Waals surface area contributed by atoms with Crippen LogP contribution in [-0.2, 0) is 0 Å². The van der Waals surface area contributed by atoms with Crippen LogP contribution in [0.4, 0.5) is 11.5 Å². The molecule has 0 radical (unpaired) electrons. The number of nitrogens with zero attached hydrogens (tertiary/aromatic N) is 3. The smallest absolute Gasteiger partial charge is 0.151 e. The maximum atomic E-state index is 5.96. The topological polar surface area (TPSA) is 67.1 Å². The Labute approximate surface area is 125 Å². The van der Waals surface area contributed by atoms with Crippen LogP contribution in [0.1, 0.15) is 24.9 Å². The van der Waals surface area contributed by atoms with Crippen LogP contribution in [0, 0.1) is 0 Å². The maximum Gasteiger partial charge on any atom is 0.151 e. The minimum atomic E-state index is 0.191. The number of anilines is 2. The van der Waals surface area contributed by atoms with Gasteiger partial charge in [0.05, 0.1) is 11.9 Å². The van der Waals surface area contributed by atoms with Crippen LogP contribution in [-0.4, -0.2) is 29.3 Å². The highest BCUT2D eigenvalue weighted by atomic mass is 15.2. The first kappa shape index (κ1) is 13.8. The average molecular weight is 283 g/mol. The van der Waals surface area contributed by atoms with Crippen molar-refractivity contribution >= 4 is 11.5 Å². The van der Waals surface area contributed by atoms with Gasteiger partial charge in [-0.25, -0.2) is 0 Å². The van der Waals surface area contributed by atoms with Gasteiger partial charge in [-0.1, -0.05) is 30.3 Å². The molecule has 1 saturated heterocycles. The largest absolute Gasteiger partial charge is 0.369 e. The summed E-state index contributed by atoms with van der Waals surface area (Å²) in [4.78, 5) is 2.26. The van der Waals surface area contributed by atoms with Crippen molar-refractivity contribution in [3.05, 3.63) is 48.2 Å². The lowest BCUT2D eigenvalue weighted by Crippen LogP contribution is -2.26. The van der Waals surface area contributed by atoms with Gasteiger partial charge in [-0.05, 0) is 18.9 Å². The van der Waals surface area contributed by atoms with Crippen LogP contribution in [0.25, 0.3) is 0 Å². The molecule has 0 unspecified atom stereocenters. The van der Waals surface area contributed by atoms with Crippen LogP contribution in [0.2, 0.25) is 0 Å². The molecular formula is C16H21N5. The molecule has 3 N–H and O–H groups in total. The van der Waals surface area contributed by atoms with Gasteiger partial charge in [-0.15, -0.1) is 5.10 Å². The number of aromatic nitrogens is 2. The Balaban J connectivity index is 1.71. The monoisotopic (exact) mass is 283 g/mol. The fourth-order valence-corrected chi connectivity index (χ4v) is 2.67. The van der Waals surface area contributed by atoms with Crippen molar-refractivity contribution in [2.24, 2.45) is 5.73 Å². The minimum absolute atomic E-state index is 0.191. The van der Waals surface area contributed by atoms with Crippen molar-refractivity contribution in [2.45, 2.75) is 25.4 Å². The summed E-state index contributed by atoms with van der Waals surface area (Å²) in [5.74, 6) is 0.796. The summed E-state index contributed by atoms with van der Waals surface area (Å²) in [6, 6.07) is 12.8. The summed E-state index contributed by atoms with van der Waals surface area (Å²) >= 11 is 0. The molecule has 1 aromatic carbocycles. The van der Waals surface area contributed by atoms with Crippen molar-refractivity contribution in [3.8, 4) is 0 Å². The van der Waals surface area contributed by atoms with Crippen molar-refractivity contribution in [2.75, 3.05) is 23.3 Å². The molecule has 1 aliphatic rings. The molecule has 21 heavy (non-hydrogen) atoms. The zero-order valence-corrected chi connectivity index (χ0v) is 12.2. The zero-order valence-electron chi connectivity index (χ0n) is 12.2. The third-order valence-corrected chi connectivity index (χ3v) is 3.89. The minimum Gasteiger partial charge on any atom is -0.369 e. The number of hydrogen-bond donors (Lipinski definition) is 2. The first-order chi connectivity index (χ1) is 10.2. The lowest BCUT2D eigenvalue weighted by atomic mass is 10.1. The van der Waals surface area contributed by atoms with E-state index in [0.29, 0.717) is 0 Å². The molecule has 0 bridgehead atoms. The van der Waals surface area contributed by atoms with Gasteiger partial charge in [-0.3, -0.25) is 0 Å². The fourth-order valence-electron chi connectivity index (χ4n) is 2.67. The Morgan fingerprint density at radius 1 is 1.33 bits per heavy atom. The van der Waals surface area contributed by atoms with Gasteiger partial charge in [0.2, 0.25) is 0 Å². The van der Waals surface area contributed by atoms with E-state index in [1.54, 1.807) is 6.20 Å². The van der Waals surface area contributed by atoms with Crippen molar-refractivity contribution in [3.63, 3.8) is 0 Å². The maximum absolute atomic E-state index is 5.96. The van der Waals surface area contributed by atoms with Crippen LogP contribution in [0.3, 0.4) is 0 Å². The summed E-state index contributed by atoms with van der Waals surface area (Å²) in [6.45, 7) is 4.00. The van der Waals surface area contributed by atoms with E-state index >= 15 is 0 Å². The third kappa shape index (κ3) is 3.31. The van der Waals surface area contributed by atoms with Gasteiger partial charge in [0.25, 0.3) is 0 Å². The molecule has 5 heteroatoms. The predicted octanol–water partition coefficient (Wildman–Crippen LogP) is 2.19. The second-order valence-corrected chi connectivity index (χ2v) is 5.57. The lowest BCUT2D eigenvalue weighted by Gasteiger charge is -2.19. The van der Waals surface area contributed by atoms with Gasteiger partial charge in [-0.2, -0.15) is 5.10 Å². The van der Waals surface area contributed by atoms with E-state index < -0.39 is 0 Å². The first-order valence-electron chi connectivity index (χ1n) is 7.37. The molecule has 0 saturated carbocycles. The summed E-state index contributed by atoms with van der Waals surface area (Å²) in [5.41, 5.74) is 8.28. The molecule has 3 rings (SSSR count). The van der Waals surface area contributed by atoms with E-state index in [0.717, 1.165) is 31.0 Å². The SMILES string of the molecule is C[C@@H](Nc1cc(N2CC[C@@H](N)C2)cnn1)c1ccccc1. The van der Waals surface area contributed by atoms with E-state index in [-0.39, 0.29) is 12.1 Å². The zero-order chi connectivity index (χ0) is 14.7. The number of hydrogen-bond acceptors (Lipinski definition) is 5. The second kappa shape index (κ2) is 6.10. The normalized spacial score (nSPS) is 19.5. The highest BCUT2D eigenvalue weighted by Crippen LogP contribution is 2.23. The highest BCUT2D eigenvalue weighted by Gasteiger charge is 2.20. The molecule has 0 aliphatic carbocycles. The van der Waals surface area contributed by atoms with Crippen LogP contribution < -0.4 is 16.0 Å². The molecule has 5 nitrogen and oxygen atoms in total. The van der Waals surface area contributed by atoms with E-state index in [1.165, 1.54) is 5.56 Å². The van der Waals surface area contributed by atoms with E-state index in [2.05, 4.69) is 39.5 Å². The highest BCUT2D eigenvalue weighted by molar-refractivity contribution is 5.53. The summed E-state index contributed by atoms with van der Waals surface area (Å²) in [5, 5.41) is 11.7. The molecule has 0 amide bonds. The Hall–Kier alpha value is -2.14. The van der Waals surface area contributed by atoms with Crippen LogP contribution >= 0.6 is 0 Å². The van der Waals surface area contributed by atoms with Gasteiger partial charge in [0.15, 0.2) is 5.82 Å². The predicted molar refractivity (Wildman–Crippen MR) is 85.3 cm³/mol. The summed E-state index contributed by atoms with van der Waals surface area (Å²) < 4.78 is 0. The van der Waals surface area contributed by atoms with Gasteiger partial charge >= 0.3 is 0 Å². The molecule has 1 aromatic heterocycles. The molecule has 2 heterocycles. The average Bonchev–Trinajstić information content (AvgIpc) is 2.95. The van der Waals surface area contributed by atoms with Gasteiger partial charge in [0, 0.05) is 31.2 Å². The number of nitrogens with two attached hydrogens (primary N) is 1. The van der Waals surface area contributed by atoms with Gasteiger partial charge < -0.3 is 16.0 Å². The molecular weight excluding hydrogens is 262 g/mol. The quantitative estimate of drug-likeness (QED) is 0.900. The van der Waals surface area contributed by atoms with E-state index in [9.17, 15) is 0 Å². The van der Waals surface area contributed by atoms with E-state index in [4.69, 9.17) is 5.73 Å². The Bertz CT molecular complexity index is 586. The fraction of sp³-hybridized carbons (Fsp3) is 0.375. The summed E-state index contributed by atoms with van der Waals surface area (Å²) in [6.07, 6.45) is 2.84. The molecule has 0 spiro atoms. The number of nitrogens with one attached hydrogen (secondary N) is 1. The molecule has 1 fully saturated rings. The number of benzene rings is 1. The van der Waals surface area contributed by atoms with Crippen molar-refractivity contribution in [1.82, 2.24) is 10.2 Å². The Morgan fingerprint density at radius 2 is 2.14 bits per heavy atom. The molecule has 110 valence electrons.